The van der Waals surface area contributed by atoms with E-state index in [1.165, 1.54) is 24.6 Å². The lowest BCUT2D eigenvalue weighted by Gasteiger charge is -2.14. The van der Waals surface area contributed by atoms with Crippen LogP contribution in [0.3, 0.4) is 0 Å². The van der Waals surface area contributed by atoms with Gasteiger partial charge in [0, 0.05) is 16.9 Å². The topological polar surface area (TPSA) is 69.6 Å². The van der Waals surface area contributed by atoms with E-state index in [1.54, 1.807) is 0 Å². The minimum Gasteiger partial charge on any atom is -0.504 e. The van der Waals surface area contributed by atoms with Gasteiger partial charge < -0.3 is 15.5 Å². The molecule has 1 aliphatic carbocycles. The summed E-state index contributed by atoms with van der Waals surface area (Å²) in [6.45, 7) is 0.635. The van der Waals surface area contributed by atoms with Crippen molar-refractivity contribution in [2.75, 3.05) is 6.54 Å². The fourth-order valence-electron chi connectivity index (χ4n) is 2.21. The Morgan fingerprint density at radius 1 is 1.33 bits per heavy atom. The summed E-state index contributed by atoms with van der Waals surface area (Å²) in [7, 11) is 0. The van der Waals surface area contributed by atoms with Crippen molar-refractivity contribution in [2.24, 2.45) is 5.92 Å². The predicted octanol–water partition coefficient (Wildman–Crippen LogP) is 2.39. The number of hydrogen-bond acceptors (Lipinski definition) is 3. The molecular formula is C13H16BrNO3. The largest absolute Gasteiger partial charge is 0.504 e. The molecule has 0 aliphatic heterocycles. The van der Waals surface area contributed by atoms with Gasteiger partial charge in [0.25, 0.3) is 5.91 Å². The number of phenolic OH excluding ortho intramolecular Hbond substituents is 2. The van der Waals surface area contributed by atoms with Crippen molar-refractivity contribution < 1.29 is 15.0 Å². The van der Waals surface area contributed by atoms with Gasteiger partial charge in [0.2, 0.25) is 0 Å². The first-order chi connectivity index (χ1) is 8.58. The number of hydrogen-bond donors (Lipinski definition) is 3. The van der Waals surface area contributed by atoms with Crippen molar-refractivity contribution in [1.82, 2.24) is 5.32 Å². The van der Waals surface area contributed by atoms with E-state index < -0.39 is 0 Å². The molecule has 0 spiro atoms. The maximum absolute atomic E-state index is 11.9. The SMILES string of the molecule is O=C(NCC1CCCC1Br)c1ccc(O)c(O)c1. The lowest BCUT2D eigenvalue weighted by Crippen LogP contribution is -2.30. The van der Waals surface area contributed by atoms with Gasteiger partial charge in [0.1, 0.15) is 0 Å². The van der Waals surface area contributed by atoms with E-state index in [9.17, 15) is 15.0 Å². The minimum absolute atomic E-state index is 0.220. The number of halogens is 1. The summed E-state index contributed by atoms with van der Waals surface area (Å²) >= 11 is 3.61. The number of carbonyl (C=O) groups excluding carboxylic acids is 1. The fourth-order valence-corrected chi connectivity index (χ4v) is 2.99. The van der Waals surface area contributed by atoms with Crippen molar-refractivity contribution in [3.8, 4) is 11.5 Å². The van der Waals surface area contributed by atoms with E-state index in [1.807, 2.05) is 0 Å². The Morgan fingerprint density at radius 3 is 2.72 bits per heavy atom. The molecule has 18 heavy (non-hydrogen) atoms. The maximum Gasteiger partial charge on any atom is 0.251 e. The van der Waals surface area contributed by atoms with Crippen LogP contribution in [0.4, 0.5) is 0 Å². The number of phenols is 2. The molecule has 0 radical (unpaired) electrons. The standard InChI is InChI=1S/C13H16BrNO3/c14-10-3-1-2-9(10)7-15-13(18)8-4-5-11(16)12(17)6-8/h4-6,9-10,16-17H,1-3,7H2,(H,15,18). The highest BCUT2D eigenvalue weighted by Gasteiger charge is 2.25. The number of carbonyl (C=O) groups is 1. The van der Waals surface area contributed by atoms with Gasteiger partial charge in [-0.3, -0.25) is 4.79 Å². The van der Waals surface area contributed by atoms with Crippen LogP contribution < -0.4 is 5.32 Å². The van der Waals surface area contributed by atoms with Crippen LogP contribution in [0, 0.1) is 5.92 Å². The van der Waals surface area contributed by atoms with Crippen LogP contribution >= 0.6 is 15.9 Å². The molecule has 0 heterocycles. The molecule has 0 saturated heterocycles. The summed E-state index contributed by atoms with van der Waals surface area (Å²) in [4.78, 5) is 12.3. The molecule has 1 aliphatic rings. The molecule has 1 amide bonds. The van der Waals surface area contributed by atoms with Gasteiger partial charge in [-0.25, -0.2) is 0 Å². The number of alkyl halides is 1. The monoisotopic (exact) mass is 313 g/mol. The van der Waals surface area contributed by atoms with Crippen LogP contribution in [0.2, 0.25) is 0 Å². The molecule has 1 aromatic carbocycles. The van der Waals surface area contributed by atoms with Gasteiger partial charge >= 0.3 is 0 Å². The zero-order valence-electron chi connectivity index (χ0n) is 9.90. The first-order valence-electron chi connectivity index (χ1n) is 6.02. The van der Waals surface area contributed by atoms with Gasteiger partial charge in [-0.05, 0) is 37.0 Å². The van der Waals surface area contributed by atoms with Crippen LogP contribution in [0.1, 0.15) is 29.6 Å². The molecule has 0 aromatic heterocycles. The Bertz CT molecular complexity index is 450. The van der Waals surface area contributed by atoms with E-state index in [0.29, 0.717) is 22.9 Å². The summed E-state index contributed by atoms with van der Waals surface area (Å²) < 4.78 is 0. The third kappa shape index (κ3) is 2.96. The van der Waals surface area contributed by atoms with Crippen LogP contribution in [-0.2, 0) is 0 Å². The summed E-state index contributed by atoms with van der Waals surface area (Å²) in [5, 5.41) is 21.4. The zero-order chi connectivity index (χ0) is 13.1. The van der Waals surface area contributed by atoms with E-state index in [4.69, 9.17) is 0 Å². The van der Waals surface area contributed by atoms with E-state index in [-0.39, 0.29) is 17.4 Å². The van der Waals surface area contributed by atoms with Crippen molar-refractivity contribution in [1.29, 1.82) is 0 Å². The molecule has 98 valence electrons. The number of aromatic hydroxyl groups is 2. The van der Waals surface area contributed by atoms with Crippen molar-refractivity contribution >= 4 is 21.8 Å². The second-order valence-corrected chi connectivity index (χ2v) is 5.80. The van der Waals surface area contributed by atoms with E-state index in [2.05, 4.69) is 21.2 Å². The number of amides is 1. The molecule has 2 rings (SSSR count). The smallest absolute Gasteiger partial charge is 0.251 e. The van der Waals surface area contributed by atoms with Gasteiger partial charge in [-0.1, -0.05) is 22.4 Å². The Balaban J connectivity index is 1.93. The van der Waals surface area contributed by atoms with Gasteiger partial charge in [0.05, 0.1) is 0 Å². The normalized spacial score (nSPS) is 22.9. The quantitative estimate of drug-likeness (QED) is 0.593. The molecule has 5 heteroatoms. The van der Waals surface area contributed by atoms with Crippen LogP contribution in [0.25, 0.3) is 0 Å². The van der Waals surface area contributed by atoms with E-state index in [0.717, 1.165) is 12.8 Å². The number of rotatable bonds is 3. The molecular weight excluding hydrogens is 298 g/mol. The van der Waals surface area contributed by atoms with Crippen molar-refractivity contribution in [2.45, 2.75) is 24.1 Å². The van der Waals surface area contributed by atoms with Gasteiger partial charge in [-0.2, -0.15) is 0 Å². The third-order valence-electron chi connectivity index (χ3n) is 3.33. The third-order valence-corrected chi connectivity index (χ3v) is 4.53. The predicted molar refractivity (Wildman–Crippen MR) is 72.2 cm³/mol. The Morgan fingerprint density at radius 2 is 2.11 bits per heavy atom. The average molecular weight is 314 g/mol. The Labute approximate surface area is 114 Å². The number of benzene rings is 1. The molecule has 2 unspecified atom stereocenters. The number of nitrogens with one attached hydrogen (secondary N) is 1. The highest BCUT2D eigenvalue weighted by atomic mass is 79.9. The molecule has 3 N–H and O–H groups in total. The molecule has 1 fully saturated rings. The molecule has 1 aromatic rings. The second-order valence-electron chi connectivity index (χ2n) is 4.62. The summed E-state index contributed by atoms with van der Waals surface area (Å²) in [5.74, 6) is -0.249. The Hall–Kier alpha value is -1.23. The second kappa shape index (κ2) is 5.61. The van der Waals surface area contributed by atoms with Crippen molar-refractivity contribution in [3.05, 3.63) is 23.8 Å². The first-order valence-corrected chi connectivity index (χ1v) is 6.93. The van der Waals surface area contributed by atoms with E-state index >= 15 is 0 Å². The minimum atomic E-state index is -0.276. The van der Waals surface area contributed by atoms with Crippen LogP contribution in [0.5, 0.6) is 11.5 Å². The fraction of sp³-hybridized carbons (Fsp3) is 0.462. The van der Waals surface area contributed by atoms with Crippen LogP contribution in [0.15, 0.2) is 18.2 Å². The highest BCUT2D eigenvalue weighted by Crippen LogP contribution is 2.31. The lowest BCUT2D eigenvalue weighted by molar-refractivity contribution is 0.0947. The van der Waals surface area contributed by atoms with Crippen LogP contribution in [-0.4, -0.2) is 27.5 Å². The highest BCUT2D eigenvalue weighted by molar-refractivity contribution is 9.09. The molecule has 1 saturated carbocycles. The van der Waals surface area contributed by atoms with Crippen molar-refractivity contribution in [3.63, 3.8) is 0 Å². The molecule has 4 nitrogen and oxygen atoms in total. The summed E-state index contributed by atoms with van der Waals surface area (Å²) in [6.07, 6.45) is 3.47. The lowest BCUT2D eigenvalue weighted by atomic mass is 10.1. The van der Waals surface area contributed by atoms with Gasteiger partial charge in [0.15, 0.2) is 11.5 Å². The molecule has 2 atom stereocenters. The summed E-state index contributed by atoms with van der Waals surface area (Å²) in [6, 6.07) is 4.07. The maximum atomic E-state index is 11.9. The average Bonchev–Trinajstić information content (AvgIpc) is 2.75. The molecule has 0 bridgehead atoms. The first kappa shape index (κ1) is 13.2. The summed E-state index contributed by atoms with van der Waals surface area (Å²) in [5.41, 5.74) is 0.356. The zero-order valence-corrected chi connectivity index (χ0v) is 11.5. The van der Waals surface area contributed by atoms with Gasteiger partial charge in [-0.15, -0.1) is 0 Å². The Kier molecular flexibility index (Phi) is 4.11.